The maximum absolute atomic E-state index is 12.3. The summed E-state index contributed by atoms with van der Waals surface area (Å²) in [6.45, 7) is 0. The first-order chi connectivity index (χ1) is 12.2. The van der Waals surface area contributed by atoms with Crippen molar-refractivity contribution in [2.45, 2.75) is 9.79 Å². The van der Waals surface area contributed by atoms with E-state index in [2.05, 4.69) is 4.72 Å². The van der Waals surface area contributed by atoms with E-state index in [0.717, 1.165) is 23.6 Å². The minimum atomic E-state index is -4.09. The smallest absolute Gasteiger partial charge is 0.270 e. The zero-order chi connectivity index (χ0) is 19.4. The highest BCUT2D eigenvalue weighted by molar-refractivity contribution is 7.94. The predicted molar refractivity (Wildman–Crippen MR) is 92.3 cm³/mol. The summed E-state index contributed by atoms with van der Waals surface area (Å²) >= 11 is 0. The fourth-order valence-electron chi connectivity index (χ4n) is 1.89. The highest BCUT2D eigenvalue weighted by Crippen LogP contribution is 2.22. The van der Waals surface area contributed by atoms with Crippen LogP contribution in [-0.4, -0.2) is 21.8 Å². The monoisotopic (exact) mass is 393 g/mol. The molecule has 0 atom stereocenters. The highest BCUT2D eigenvalue weighted by Gasteiger charge is 2.18. The quantitative estimate of drug-likeness (QED) is 0.449. The molecule has 0 saturated carbocycles. The number of nitro benzene ring substituents is 1. The third-order valence-electron chi connectivity index (χ3n) is 3.10. The first-order valence-electron chi connectivity index (χ1n) is 6.84. The van der Waals surface area contributed by atoms with E-state index in [-0.39, 0.29) is 21.2 Å². The molecule has 0 saturated heterocycles. The van der Waals surface area contributed by atoms with Gasteiger partial charge in [-0.2, -0.15) is 5.26 Å². The van der Waals surface area contributed by atoms with Gasteiger partial charge in [0.2, 0.25) is 9.84 Å². The molecule has 0 bridgehead atoms. The minimum absolute atomic E-state index is 0.0692. The number of sulfonamides is 1. The summed E-state index contributed by atoms with van der Waals surface area (Å²) < 4.78 is 50.5. The van der Waals surface area contributed by atoms with E-state index in [9.17, 15) is 26.9 Å². The number of sulfone groups is 1. The number of nitrogens with one attached hydrogen (secondary N) is 1. The molecule has 0 heterocycles. The van der Waals surface area contributed by atoms with Gasteiger partial charge in [0.05, 0.1) is 20.8 Å². The van der Waals surface area contributed by atoms with Gasteiger partial charge in [-0.3, -0.25) is 14.8 Å². The van der Waals surface area contributed by atoms with E-state index in [1.807, 2.05) is 0 Å². The molecular formula is C15H11N3O6S2. The second-order valence-electron chi connectivity index (χ2n) is 4.86. The van der Waals surface area contributed by atoms with E-state index >= 15 is 0 Å². The van der Waals surface area contributed by atoms with Crippen molar-refractivity contribution in [3.05, 3.63) is 70.1 Å². The molecule has 0 aliphatic carbocycles. The Morgan fingerprint density at radius 1 is 1.04 bits per heavy atom. The van der Waals surface area contributed by atoms with Crippen LogP contribution in [-0.2, 0) is 19.9 Å². The molecule has 2 aromatic rings. The summed E-state index contributed by atoms with van der Waals surface area (Å²) in [7, 11) is -7.90. The zero-order valence-electron chi connectivity index (χ0n) is 12.9. The normalized spacial score (nSPS) is 11.8. The van der Waals surface area contributed by atoms with Crippen LogP contribution in [0.1, 0.15) is 0 Å². The lowest BCUT2D eigenvalue weighted by molar-refractivity contribution is -0.385. The lowest BCUT2D eigenvalue weighted by atomic mass is 10.3. The minimum Gasteiger partial charge on any atom is -0.280 e. The van der Waals surface area contributed by atoms with Crippen LogP contribution in [0.5, 0.6) is 0 Å². The Morgan fingerprint density at radius 2 is 1.69 bits per heavy atom. The Bertz CT molecular complexity index is 1110. The van der Waals surface area contributed by atoms with Crippen LogP contribution in [0, 0.1) is 21.4 Å². The van der Waals surface area contributed by atoms with Gasteiger partial charge in [0, 0.05) is 29.3 Å². The van der Waals surface area contributed by atoms with Crippen LogP contribution < -0.4 is 4.72 Å². The van der Waals surface area contributed by atoms with Gasteiger partial charge in [0.1, 0.15) is 0 Å². The molecule has 26 heavy (non-hydrogen) atoms. The predicted octanol–water partition coefficient (Wildman–Crippen LogP) is 2.21. The molecule has 134 valence electrons. The third-order valence-corrected chi connectivity index (χ3v) is 5.90. The number of allylic oxidation sites excluding steroid dienone is 1. The SMILES string of the molecule is N#C/C=C/S(=O)(=O)c1ccc(NS(=O)(=O)c2cccc([N+](=O)[O-])c2)cc1. The molecule has 0 aliphatic heterocycles. The Kier molecular flexibility index (Phi) is 5.39. The fraction of sp³-hybridized carbons (Fsp3) is 0. The average molecular weight is 393 g/mol. The van der Waals surface area contributed by atoms with Crippen molar-refractivity contribution in [2.24, 2.45) is 0 Å². The number of hydrogen-bond acceptors (Lipinski definition) is 7. The third kappa shape index (κ3) is 4.44. The van der Waals surface area contributed by atoms with Crippen LogP contribution in [0.15, 0.2) is 69.8 Å². The molecule has 0 unspecified atom stereocenters. The maximum atomic E-state index is 12.3. The van der Waals surface area contributed by atoms with Gasteiger partial charge in [0.25, 0.3) is 15.7 Å². The number of anilines is 1. The van der Waals surface area contributed by atoms with Gasteiger partial charge >= 0.3 is 0 Å². The molecule has 2 rings (SSSR count). The number of benzene rings is 2. The molecule has 0 amide bonds. The van der Waals surface area contributed by atoms with E-state index in [0.29, 0.717) is 0 Å². The van der Waals surface area contributed by atoms with E-state index in [1.165, 1.54) is 36.4 Å². The number of rotatable bonds is 6. The lowest BCUT2D eigenvalue weighted by Gasteiger charge is -2.08. The van der Waals surface area contributed by atoms with Gasteiger partial charge in [-0.05, 0) is 30.3 Å². The van der Waals surface area contributed by atoms with Crippen molar-refractivity contribution in [1.82, 2.24) is 0 Å². The first kappa shape index (κ1) is 19.1. The van der Waals surface area contributed by atoms with Gasteiger partial charge in [-0.1, -0.05) is 6.07 Å². The van der Waals surface area contributed by atoms with Crippen molar-refractivity contribution in [3.8, 4) is 6.07 Å². The van der Waals surface area contributed by atoms with Crippen LogP contribution in [0.4, 0.5) is 11.4 Å². The Morgan fingerprint density at radius 3 is 2.27 bits per heavy atom. The van der Waals surface area contributed by atoms with Gasteiger partial charge < -0.3 is 0 Å². The average Bonchev–Trinajstić information content (AvgIpc) is 2.60. The molecule has 0 fully saturated rings. The van der Waals surface area contributed by atoms with Crippen LogP contribution >= 0.6 is 0 Å². The maximum Gasteiger partial charge on any atom is 0.270 e. The summed E-state index contributed by atoms with van der Waals surface area (Å²) in [5, 5.41) is 19.9. The zero-order valence-corrected chi connectivity index (χ0v) is 14.6. The van der Waals surface area contributed by atoms with Gasteiger partial charge in [-0.15, -0.1) is 0 Å². The summed E-state index contributed by atoms with van der Waals surface area (Å²) in [5.41, 5.74) is -0.307. The second-order valence-corrected chi connectivity index (χ2v) is 8.38. The highest BCUT2D eigenvalue weighted by atomic mass is 32.2. The van der Waals surface area contributed by atoms with Crippen molar-refractivity contribution in [2.75, 3.05) is 4.72 Å². The molecule has 0 spiro atoms. The summed E-state index contributed by atoms with van der Waals surface area (Å²) in [6, 6.07) is 10.9. The molecular weight excluding hydrogens is 382 g/mol. The van der Waals surface area contributed by atoms with E-state index < -0.39 is 24.8 Å². The van der Waals surface area contributed by atoms with Crippen LogP contribution in [0.2, 0.25) is 0 Å². The first-order valence-corrected chi connectivity index (χ1v) is 9.87. The van der Waals surface area contributed by atoms with Crippen LogP contribution in [0.25, 0.3) is 0 Å². The largest absolute Gasteiger partial charge is 0.280 e. The van der Waals surface area contributed by atoms with Gasteiger partial charge in [-0.25, -0.2) is 16.8 Å². The number of nitro groups is 1. The van der Waals surface area contributed by atoms with Gasteiger partial charge in [0.15, 0.2) is 0 Å². The van der Waals surface area contributed by atoms with E-state index in [4.69, 9.17) is 5.26 Å². The molecule has 2 aromatic carbocycles. The summed E-state index contributed by atoms with van der Waals surface area (Å²) in [4.78, 5) is 9.61. The number of non-ortho nitro benzene ring substituents is 1. The Labute approximate surface area is 149 Å². The summed E-state index contributed by atoms with van der Waals surface area (Å²) in [5.74, 6) is 0. The fourth-order valence-corrected chi connectivity index (χ4v) is 3.90. The number of nitrogens with zero attached hydrogens (tertiary/aromatic N) is 2. The topological polar surface area (TPSA) is 147 Å². The lowest BCUT2D eigenvalue weighted by Crippen LogP contribution is -2.13. The molecule has 1 N–H and O–H groups in total. The van der Waals surface area contributed by atoms with Crippen molar-refractivity contribution >= 4 is 31.2 Å². The van der Waals surface area contributed by atoms with Crippen molar-refractivity contribution in [1.29, 1.82) is 5.26 Å². The molecule has 0 radical (unpaired) electrons. The summed E-state index contributed by atoms with van der Waals surface area (Å²) in [6.07, 6.45) is 0.814. The number of hydrogen-bond donors (Lipinski definition) is 1. The molecule has 0 aromatic heterocycles. The van der Waals surface area contributed by atoms with Crippen molar-refractivity contribution in [3.63, 3.8) is 0 Å². The number of nitriles is 1. The second kappa shape index (κ2) is 7.34. The van der Waals surface area contributed by atoms with Crippen molar-refractivity contribution < 1.29 is 21.8 Å². The molecule has 11 heteroatoms. The standard InChI is InChI=1S/C15H11N3O6S2/c16-9-2-10-25(21,22)14-7-5-12(6-8-14)17-26(23,24)15-4-1-3-13(11-15)18(19)20/h1-8,10-11,17H/b10-2+. The Hall–Kier alpha value is -3.23. The van der Waals surface area contributed by atoms with E-state index in [1.54, 1.807) is 6.07 Å². The molecule has 0 aliphatic rings. The Balaban J connectivity index is 2.29. The molecule has 9 nitrogen and oxygen atoms in total. The van der Waals surface area contributed by atoms with Crippen LogP contribution in [0.3, 0.4) is 0 Å².